The van der Waals surface area contributed by atoms with Crippen LogP contribution in [0.4, 0.5) is 5.82 Å². The van der Waals surface area contributed by atoms with E-state index in [0.29, 0.717) is 17.8 Å². The van der Waals surface area contributed by atoms with E-state index in [1.54, 1.807) is 0 Å². The van der Waals surface area contributed by atoms with E-state index in [-0.39, 0.29) is 23.3 Å². The second-order valence-electron chi connectivity index (χ2n) is 8.49. The zero-order valence-corrected chi connectivity index (χ0v) is 17.1. The molecule has 1 amide bonds. The molecule has 3 heterocycles. The van der Waals surface area contributed by atoms with Gasteiger partial charge in [-0.3, -0.25) is 14.2 Å². The fraction of sp³-hybridized carbons (Fsp3) is 0.550. The van der Waals surface area contributed by atoms with Gasteiger partial charge in [-0.1, -0.05) is 19.9 Å². The lowest BCUT2D eigenvalue weighted by atomic mass is 10.0. The lowest BCUT2D eigenvalue weighted by Crippen LogP contribution is -2.36. The molecule has 156 valence electrons. The number of hydrogen-bond acceptors (Lipinski definition) is 6. The molecule has 0 atom stereocenters. The minimum Gasteiger partial charge on any atom is -0.492 e. The number of aromatic nitrogens is 3. The average Bonchev–Trinajstić information content (AvgIpc) is 3.39. The molecule has 1 saturated carbocycles. The zero-order valence-electron chi connectivity index (χ0n) is 17.1. The maximum atomic E-state index is 13.3. The molecule has 0 radical (unpaired) electrons. The van der Waals surface area contributed by atoms with E-state index in [1.165, 1.54) is 9.08 Å². The molecule has 0 aromatic carbocycles. The highest BCUT2D eigenvalue weighted by atomic mass is 16.3. The molecule has 1 aliphatic heterocycles. The van der Waals surface area contributed by atoms with Gasteiger partial charge in [-0.25, -0.2) is 0 Å². The van der Waals surface area contributed by atoms with Crippen LogP contribution < -0.4 is 16.6 Å². The second-order valence-corrected chi connectivity index (χ2v) is 8.49. The van der Waals surface area contributed by atoms with Crippen LogP contribution in [0.25, 0.3) is 11.2 Å². The van der Waals surface area contributed by atoms with Crippen molar-refractivity contribution in [3.63, 3.8) is 0 Å². The highest BCUT2D eigenvalue weighted by Crippen LogP contribution is 2.33. The number of carbonyl (C=O) groups is 1. The number of likely N-dealkylation sites (N-methyl/N-ethyl adjacent to an activating group) is 1. The van der Waals surface area contributed by atoms with Crippen LogP contribution in [0.15, 0.2) is 10.9 Å². The first-order chi connectivity index (χ1) is 13.8. The van der Waals surface area contributed by atoms with Crippen LogP contribution in [-0.2, 0) is 6.54 Å². The molecule has 0 spiro atoms. The van der Waals surface area contributed by atoms with Crippen LogP contribution in [0.5, 0.6) is 5.88 Å². The highest BCUT2D eigenvalue weighted by Gasteiger charge is 2.31. The first-order valence-corrected chi connectivity index (χ1v) is 10.1. The number of hydrogen-bond donors (Lipinski definition) is 3. The summed E-state index contributed by atoms with van der Waals surface area (Å²) in [4.78, 5) is 28.2. The van der Waals surface area contributed by atoms with Gasteiger partial charge in [0.15, 0.2) is 17.0 Å². The summed E-state index contributed by atoms with van der Waals surface area (Å²) in [5.41, 5.74) is 7.55. The van der Waals surface area contributed by atoms with E-state index >= 15 is 0 Å². The predicted octanol–water partition coefficient (Wildman–Crippen LogP) is 1.05. The Kier molecular flexibility index (Phi) is 4.85. The zero-order chi connectivity index (χ0) is 20.9. The van der Waals surface area contributed by atoms with Crippen LogP contribution in [0.2, 0.25) is 0 Å². The van der Waals surface area contributed by atoms with Crippen molar-refractivity contribution in [3.05, 3.63) is 27.6 Å². The first-order valence-electron chi connectivity index (χ1n) is 10.1. The topological polar surface area (TPSA) is 118 Å². The Labute approximate surface area is 168 Å². The van der Waals surface area contributed by atoms with Crippen LogP contribution >= 0.6 is 0 Å². The van der Waals surface area contributed by atoms with Crippen molar-refractivity contribution in [1.29, 1.82) is 0 Å². The Balaban J connectivity index is 1.96. The lowest BCUT2D eigenvalue weighted by molar-refractivity contribution is 0.0944. The summed E-state index contributed by atoms with van der Waals surface area (Å²) in [7, 11) is 2.04. The number of nitrogen functional groups attached to an aromatic ring is 1. The number of rotatable bonds is 5. The molecule has 9 heteroatoms. The van der Waals surface area contributed by atoms with Gasteiger partial charge in [0.1, 0.15) is 0 Å². The Bertz CT molecular complexity index is 1060. The molecular formula is C20H28N6O3. The smallest absolute Gasteiger partial charge is 0.270 e. The Hall–Kier alpha value is -2.81. The third-order valence-electron chi connectivity index (χ3n) is 5.45. The average molecular weight is 400 g/mol. The van der Waals surface area contributed by atoms with Crippen molar-refractivity contribution >= 4 is 22.9 Å². The van der Waals surface area contributed by atoms with Gasteiger partial charge < -0.3 is 21.1 Å². The molecular weight excluding hydrogens is 372 g/mol. The van der Waals surface area contributed by atoms with Crippen molar-refractivity contribution in [1.82, 2.24) is 24.4 Å². The SMILES string of the molecule is CC(C)Cn1c(=O)c(C(=O)NC2CC2)c(O)n2nc(N)c(C3=CCN(C)CC3)c12. The summed E-state index contributed by atoms with van der Waals surface area (Å²) in [6, 6.07) is 0.0678. The number of nitrogens with two attached hydrogens (primary N) is 1. The molecule has 9 nitrogen and oxygen atoms in total. The second kappa shape index (κ2) is 7.22. The van der Waals surface area contributed by atoms with Crippen molar-refractivity contribution in [2.24, 2.45) is 5.92 Å². The van der Waals surface area contributed by atoms with Crippen LogP contribution in [0, 0.1) is 5.92 Å². The summed E-state index contributed by atoms with van der Waals surface area (Å²) >= 11 is 0. The quantitative estimate of drug-likeness (QED) is 0.691. The molecule has 29 heavy (non-hydrogen) atoms. The molecule has 2 aromatic rings. The third kappa shape index (κ3) is 3.50. The van der Waals surface area contributed by atoms with Gasteiger partial charge in [0.2, 0.25) is 5.88 Å². The van der Waals surface area contributed by atoms with Gasteiger partial charge in [0.05, 0.1) is 5.56 Å². The number of nitrogens with one attached hydrogen (secondary N) is 1. The summed E-state index contributed by atoms with van der Waals surface area (Å²) < 4.78 is 2.78. The molecule has 4 N–H and O–H groups in total. The van der Waals surface area contributed by atoms with E-state index < -0.39 is 17.3 Å². The molecule has 2 aromatic heterocycles. The number of nitrogens with zero attached hydrogens (tertiary/aromatic N) is 4. The number of aromatic hydroxyl groups is 1. The number of carbonyl (C=O) groups excluding carboxylic acids is 1. The van der Waals surface area contributed by atoms with Gasteiger partial charge in [-0.05, 0) is 37.8 Å². The van der Waals surface area contributed by atoms with Gasteiger partial charge in [-0.15, -0.1) is 5.10 Å². The Morgan fingerprint density at radius 1 is 1.41 bits per heavy atom. The maximum Gasteiger partial charge on any atom is 0.270 e. The fourth-order valence-electron chi connectivity index (χ4n) is 3.78. The molecule has 0 bridgehead atoms. The summed E-state index contributed by atoms with van der Waals surface area (Å²) in [6.45, 7) is 6.01. The molecule has 0 unspecified atom stereocenters. The lowest BCUT2D eigenvalue weighted by Gasteiger charge is -2.22. The summed E-state index contributed by atoms with van der Waals surface area (Å²) in [6.07, 6.45) is 4.61. The van der Waals surface area contributed by atoms with Crippen molar-refractivity contribution in [2.45, 2.75) is 45.7 Å². The molecule has 1 fully saturated rings. The van der Waals surface area contributed by atoms with E-state index in [9.17, 15) is 14.7 Å². The van der Waals surface area contributed by atoms with Crippen molar-refractivity contribution < 1.29 is 9.90 Å². The molecule has 4 rings (SSSR count). The minimum atomic E-state index is -0.566. The van der Waals surface area contributed by atoms with Crippen molar-refractivity contribution in [2.75, 3.05) is 25.9 Å². The predicted molar refractivity (Wildman–Crippen MR) is 111 cm³/mol. The first kappa shape index (κ1) is 19.5. The van der Waals surface area contributed by atoms with Gasteiger partial charge in [-0.2, -0.15) is 4.52 Å². The third-order valence-corrected chi connectivity index (χ3v) is 5.45. The van der Waals surface area contributed by atoms with Crippen LogP contribution in [0.3, 0.4) is 0 Å². The number of amides is 1. The van der Waals surface area contributed by atoms with E-state index in [2.05, 4.69) is 21.4 Å². The Morgan fingerprint density at radius 3 is 2.72 bits per heavy atom. The number of fused-ring (bicyclic) bond motifs is 1. The van der Waals surface area contributed by atoms with E-state index in [4.69, 9.17) is 5.73 Å². The van der Waals surface area contributed by atoms with Crippen LogP contribution in [-0.4, -0.2) is 56.3 Å². The van der Waals surface area contributed by atoms with Crippen LogP contribution in [0.1, 0.15) is 49.0 Å². The fourth-order valence-corrected chi connectivity index (χ4v) is 3.78. The highest BCUT2D eigenvalue weighted by molar-refractivity contribution is 5.97. The normalized spacial score (nSPS) is 17.7. The van der Waals surface area contributed by atoms with E-state index in [0.717, 1.165) is 37.9 Å². The van der Waals surface area contributed by atoms with Gasteiger partial charge in [0, 0.05) is 25.7 Å². The maximum absolute atomic E-state index is 13.3. The monoisotopic (exact) mass is 400 g/mol. The molecule has 1 aliphatic carbocycles. The van der Waals surface area contributed by atoms with E-state index in [1.807, 2.05) is 20.9 Å². The molecule has 0 saturated heterocycles. The Morgan fingerprint density at radius 2 is 2.14 bits per heavy atom. The summed E-state index contributed by atoms with van der Waals surface area (Å²) in [5, 5.41) is 17.9. The minimum absolute atomic E-state index is 0.0678. The number of anilines is 1. The standard InChI is InChI=1S/C20H28N6O3/c1-11(2)10-25-18-14(12-6-8-24(3)9-7-12)16(21)23-26(18)20(29)15(19(25)28)17(27)22-13-4-5-13/h6,11,13,29H,4-5,7-10H2,1-3H3,(H2,21,23)(H,22,27). The van der Waals surface area contributed by atoms with Crippen molar-refractivity contribution in [3.8, 4) is 5.88 Å². The van der Waals surface area contributed by atoms with Gasteiger partial charge in [0.25, 0.3) is 11.5 Å². The summed E-state index contributed by atoms with van der Waals surface area (Å²) in [5.74, 6) is -0.637. The van der Waals surface area contributed by atoms with Gasteiger partial charge >= 0.3 is 0 Å². The molecule has 2 aliphatic rings. The largest absolute Gasteiger partial charge is 0.492 e.